The van der Waals surface area contributed by atoms with Crippen LogP contribution in [0.15, 0.2) is 72.8 Å². The summed E-state index contributed by atoms with van der Waals surface area (Å²) in [6, 6.07) is 21.3. The first-order valence-corrected chi connectivity index (χ1v) is 8.05. The van der Waals surface area contributed by atoms with Crippen molar-refractivity contribution in [3.8, 4) is 0 Å². The highest BCUT2D eigenvalue weighted by Gasteiger charge is 2.50. The van der Waals surface area contributed by atoms with Gasteiger partial charge >= 0.3 is 0 Å². The molecule has 0 aromatic heterocycles. The van der Waals surface area contributed by atoms with Crippen molar-refractivity contribution in [1.29, 1.82) is 0 Å². The number of nitrogens with zero attached hydrogens (tertiary/aromatic N) is 1. The Labute approximate surface area is 132 Å². The lowest BCUT2D eigenvalue weighted by Gasteiger charge is -2.27. The lowest BCUT2D eigenvalue weighted by Crippen LogP contribution is -2.29. The third-order valence-electron chi connectivity index (χ3n) is 4.98. The van der Waals surface area contributed by atoms with Crippen molar-refractivity contribution < 1.29 is 4.84 Å². The Bertz CT molecular complexity index is 617. The predicted molar refractivity (Wildman–Crippen MR) is 89.5 cm³/mol. The van der Waals surface area contributed by atoms with Crippen LogP contribution < -0.4 is 5.06 Å². The minimum Gasteiger partial charge on any atom is -0.262 e. The van der Waals surface area contributed by atoms with E-state index in [0.717, 1.165) is 24.9 Å². The minimum atomic E-state index is -0.170. The third kappa shape index (κ3) is 2.15. The Hall–Kier alpha value is -2.06. The molecule has 0 N–H and O–H groups in total. The van der Waals surface area contributed by atoms with Gasteiger partial charge in [0, 0.05) is 6.42 Å². The van der Waals surface area contributed by atoms with E-state index >= 15 is 0 Å². The Morgan fingerprint density at radius 1 is 1.00 bits per heavy atom. The highest BCUT2D eigenvalue weighted by atomic mass is 16.7. The van der Waals surface area contributed by atoms with E-state index in [0.29, 0.717) is 0 Å². The van der Waals surface area contributed by atoms with Crippen molar-refractivity contribution in [2.24, 2.45) is 0 Å². The van der Waals surface area contributed by atoms with Gasteiger partial charge in [-0.3, -0.25) is 4.84 Å². The quantitative estimate of drug-likeness (QED) is 0.718. The van der Waals surface area contributed by atoms with E-state index in [1.165, 1.54) is 17.6 Å². The van der Waals surface area contributed by atoms with Crippen LogP contribution in [0.4, 0.5) is 5.69 Å². The molecule has 112 valence electrons. The van der Waals surface area contributed by atoms with Crippen molar-refractivity contribution >= 4 is 5.69 Å². The first kappa shape index (κ1) is 13.6. The van der Waals surface area contributed by atoms with Gasteiger partial charge in [-0.25, -0.2) is 5.06 Å². The summed E-state index contributed by atoms with van der Waals surface area (Å²) >= 11 is 0. The topological polar surface area (TPSA) is 12.5 Å². The Kier molecular flexibility index (Phi) is 3.27. The van der Waals surface area contributed by atoms with Crippen LogP contribution in [0, 0.1) is 0 Å². The lowest BCUT2D eigenvalue weighted by molar-refractivity contribution is 0.0203. The van der Waals surface area contributed by atoms with E-state index in [2.05, 4.69) is 66.2 Å². The molecule has 2 atom stereocenters. The fourth-order valence-corrected chi connectivity index (χ4v) is 3.77. The SMILES string of the molecule is C=C1CCC[C@]12C[C@@H](c1ccccc1)N(c1ccccc1)O2. The second kappa shape index (κ2) is 5.29. The number of benzene rings is 2. The molecule has 1 saturated carbocycles. The zero-order chi connectivity index (χ0) is 15.0. The molecule has 4 rings (SSSR count). The van der Waals surface area contributed by atoms with Crippen molar-refractivity contribution in [1.82, 2.24) is 0 Å². The van der Waals surface area contributed by atoms with E-state index in [1.54, 1.807) is 0 Å². The summed E-state index contributed by atoms with van der Waals surface area (Å²) in [4.78, 5) is 6.51. The molecule has 1 heterocycles. The van der Waals surface area contributed by atoms with Crippen LogP contribution in [0.1, 0.15) is 37.3 Å². The second-order valence-electron chi connectivity index (χ2n) is 6.33. The molecule has 0 radical (unpaired) electrons. The Morgan fingerprint density at radius 2 is 1.68 bits per heavy atom. The molecule has 2 nitrogen and oxygen atoms in total. The fourth-order valence-electron chi connectivity index (χ4n) is 3.77. The van der Waals surface area contributed by atoms with Gasteiger partial charge in [0.1, 0.15) is 5.60 Å². The van der Waals surface area contributed by atoms with Crippen molar-refractivity contribution in [3.63, 3.8) is 0 Å². The molecule has 22 heavy (non-hydrogen) atoms. The molecule has 0 bridgehead atoms. The molecule has 1 saturated heterocycles. The van der Waals surface area contributed by atoms with Crippen LogP contribution in [0.5, 0.6) is 0 Å². The molecule has 2 fully saturated rings. The van der Waals surface area contributed by atoms with Crippen LogP contribution in [-0.2, 0) is 4.84 Å². The summed E-state index contributed by atoms with van der Waals surface area (Å²) in [5.74, 6) is 0. The normalized spacial score (nSPS) is 27.7. The standard InChI is InChI=1S/C20H21NO/c1-16-9-8-14-20(16)15-19(17-10-4-2-5-11-17)21(22-20)18-12-6-3-7-13-18/h2-7,10-13,19H,1,8-9,14-15H2/t19-,20-/m0/s1. The lowest BCUT2D eigenvalue weighted by atomic mass is 9.88. The predicted octanol–water partition coefficient (Wildman–Crippen LogP) is 5.05. The molecular weight excluding hydrogens is 270 g/mol. The maximum atomic E-state index is 6.51. The molecule has 2 aromatic carbocycles. The molecule has 0 amide bonds. The monoisotopic (exact) mass is 291 g/mol. The van der Waals surface area contributed by atoms with Gasteiger partial charge in [0.05, 0.1) is 11.7 Å². The molecule has 1 aliphatic carbocycles. The van der Waals surface area contributed by atoms with Gasteiger partial charge in [0.15, 0.2) is 0 Å². The average molecular weight is 291 g/mol. The van der Waals surface area contributed by atoms with Gasteiger partial charge in [0.2, 0.25) is 0 Å². The number of anilines is 1. The summed E-state index contributed by atoms with van der Waals surface area (Å²) in [6.45, 7) is 4.29. The summed E-state index contributed by atoms with van der Waals surface area (Å²) < 4.78 is 0. The average Bonchev–Trinajstić information content (AvgIpc) is 3.14. The van der Waals surface area contributed by atoms with E-state index in [1.807, 2.05) is 6.07 Å². The molecule has 1 aliphatic heterocycles. The summed E-state index contributed by atoms with van der Waals surface area (Å²) in [7, 11) is 0. The molecule has 2 aromatic rings. The van der Waals surface area contributed by atoms with Gasteiger partial charge in [-0.05, 0) is 42.5 Å². The van der Waals surface area contributed by atoms with E-state index in [4.69, 9.17) is 4.84 Å². The Balaban J connectivity index is 1.75. The first-order chi connectivity index (χ1) is 10.8. The van der Waals surface area contributed by atoms with Gasteiger partial charge in [-0.15, -0.1) is 0 Å². The molecule has 2 heteroatoms. The van der Waals surface area contributed by atoms with Gasteiger partial charge in [-0.2, -0.15) is 0 Å². The molecule has 0 unspecified atom stereocenters. The summed E-state index contributed by atoms with van der Waals surface area (Å²) in [6.07, 6.45) is 4.34. The maximum absolute atomic E-state index is 6.51. The van der Waals surface area contributed by atoms with E-state index in [-0.39, 0.29) is 11.6 Å². The molecular formula is C20H21NO. The second-order valence-corrected chi connectivity index (χ2v) is 6.33. The van der Waals surface area contributed by atoms with Gasteiger partial charge in [-0.1, -0.05) is 55.1 Å². The molecule has 2 aliphatic rings. The smallest absolute Gasteiger partial charge is 0.119 e. The minimum absolute atomic E-state index is 0.170. The highest BCUT2D eigenvalue weighted by molar-refractivity contribution is 5.48. The number of para-hydroxylation sites is 1. The first-order valence-electron chi connectivity index (χ1n) is 8.05. The number of rotatable bonds is 2. The zero-order valence-electron chi connectivity index (χ0n) is 12.7. The van der Waals surface area contributed by atoms with Crippen LogP contribution in [0.2, 0.25) is 0 Å². The van der Waals surface area contributed by atoms with Crippen LogP contribution in [0.25, 0.3) is 0 Å². The number of hydroxylamine groups is 1. The Morgan fingerprint density at radius 3 is 2.32 bits per heavy atom. The van der Waals surface area contributed by atoms with Crippen molar-refractivity contribution in [3.05, 3.63) is 78.4 Å². The fraction of sp³-hybridized carbons (Fsp3) is 0.300. The van der Waals surface area contributed by atoms with E-state index in [9.17, 15) is 0 Å². The van der Waals surface area contributed by atoms with Gasteiger partial charge < -0.3 is 0 Å². The zero-order valence-corrected chi connectivity index (χ0v) is 12.7. The summed E-state index contributed by atoms with van der Waals surface area (Å²) in [5, 5.41) is 2.10. The highest BCUT2D eigenvalue weighted by Crippen LogP contribution is 2.52. The number of hydrogen-bond donors (Lipinski definition) is 0. The third-order valence-corrected chi connectivity index (χ3v) is 4.98. The van der Waals surface area contributed by atoms with Crippen molar-refractivity contribution in [2.75, 3.05) is 5.06 Å². The molecule has 1 spiro atoms. The van der Waals surface area contributed by atoms with Crippen LogP contribution >= 0.6 is 0 Å². The van der Waals surface area contributed by atoms with Crippen molar-refractivity contribution in [2.45, 2.75) is 37.3 Å². The van der Waals surface area contributed by atoms with Crippen LogP contribution in [-0.4, -0.2) is 5.60 Å². The maximum Gasteiger partial charge on any atom is 0.119 e. The number of hydrogen-bond acceptors (Lipinski definition) is 2. The van der Waals surface area contributed by atoms with Gasteiger partial charge in [0.25, 0.3) is 0 Å². The van der Waals surface area contributed by atoms with E-state index < -0.39 is 0 Å². The largest absolute Gasteiger partial charge is 0.262 e. The van der Waals surface area contributed by atoms with Crippen LogP contribution in [0.3, 0.4) is 0 Å². The summed E-state index contributed by atoms with van der Waals surface area (Å²) in [5.41, 5.74) is 3.51.